The summed E-state index contributed by atoms with van der Waals surface area (Å²) < 4.78 is 0. The van der Waals surface area contributed by atoms with Crippen LogP contribution in [0.5, 0.6) is 0 Å². The van der Waals surface area contributed by atoms with Crippen LogP contribution in [0.3, 0.4) is 0 Å². The lowest BCUT2D eigenvalue weighted by molar-refractivity contribution is -0.459. The molecule has 4 rings (SSSR count). The molecule has 0 bridgehead atoms. The van der Waals surface area contributed by atoms with E-state index < -0.39 is 53.4 Å². The van der Waals surface area contributed by atoms with Gasteiger partial charge in [0.05, 0.1) is 18.6 Å². The summed E-state index contributed by atoms with van der Waals surface area (Å²) in [4.78, 5) is 24.9. The van der Waals surface area contributed by atoms with Crippen molar-refractivity contribution in [3.05, 3.63) is 70.8 Å². The Morgan fingerprint density at radius 3 is 1.94 bits per heavy atom. The van der Waals surface area contributed by atoms with E-state index in [2.05, 4.69) is 0 Å². The van der Waals surface area contributed by atoms with Crippen LogP contribution >= 0.6 is 0 Å². The number of nitrogens with zero attached hydrogens (tertiary/aromatic N) is 1. The molecule has 182 valence electrons. The Labute approximate surface area is 195 Å². The topological polar surface area (TPSA) is 185 Å². The SMILES string of the molecule is CN(C)C(=O)c1ccc(C2C(O)[C@@]3(O)C(c4ccc(C(N)=O)cc4)[C@@](O)([C@H](O)CO)[C@@]23O)cc1. The average Bonchev–Trinajstić information content (AvgIpc) is 2.83. The van der Waals surface area contributed by atoms with E-state index >= 15 is 0 Å². The highest BCUT2D eigenvalue weighted by Gasteiger charge is 2.93. The molecule has 10 heteroatoms. The van der Waals surface area contributed by atoms with Gasteiger partial charge in [0.1, 0.15) is 22.9 Å². The van der Waals surface area contributed by atoms with Crippen molar-refractivity contribution in [2.24, 2.45) is 5.73 Å². The highest BCUT2D eigenvalue weighted by molar-refractivity contribution is 5.94. The molecule has 7 atom stereocenters. The van der Waals surface area contributed by atoms with E-state index in [1.54, 1.807) is 14.1 Å². The molecule has 10 nitrogen and oxygen atoms in total. The zero-order chi connectivity index (χ0) is 25.2. The molecule has 0 saturated heterocycles. The normalized spacial score (nSPS) is 34.9. The number of aliphatic hydroxyl groups excluding tert-OH is 3. The fourth-order valence-corrected chi connectivity index (χ4v) is 5.75. The molecule has 34 heavy (non-hydrogen) atoms. The molecule has 0 aromatic heterocycles. The number of fused-ring (bicyclic) bond motifs is 1. The van der Waals surface area contributed by atoms with Crippen LogP contribution in [0.25, 0.3) is 0 Å². The van der Waals surface area contributed by atoms with Crippen LogP contribution in [0.1, 0.15) is 43.7 Å². The van der Waals surface area contributed by atoms with E-state index in [4.69, 9.17) is 5.73 Å². The van der Waals surface area contributed by atoms with Gasteiger partial charge in [-0.05, 0) is 35.4 Å². The molecule has 2 saturated carbocycles. The van der Waals surface area contributed by atoms with E-state index in [0.717, 1.165) is 0 Å². The van der Waals surface area contributed by atoms with Gasteiger partial charge in [-0.15, -0.1) is 0 Å². The second kappa shape index (κ2) is 7.84. The largest absolute Gasteiger partial charge is 0.394 e. The van der Waals surface area contributed by atoms with E-state index in [1.807, 2.05) is 0 Å². The van der Waals surface area contributed by atoms with Crippen molar-refractivity contribution in [2.45, 2.75) is 40.8 Å². The summed E-state index contributed by atoms with van der Waals surface area (Å²) in [6.07, 6.45) is -3.43. The maximum Gasteiger partial charge on any atom is 0.253 e. The second-order valence-corrected chi connectivity index (χ2v) is 9.28. The van der Waals surface area contributed by atoms with Gasteiger partial charge >= 0.3 is 0 Å². The van der Waals surface area contributed by atoms with Crippen molar-refractivity contribution in [3.8, 4) is 0 Å². The van der Waals surface area contributed by atoms with E-state index in [9.17, 15) is 40.2 Å². The summed E-state index contributed by atoms with van der Waals surface area (Å²) in [5, 5.41) is 65.8. The highest BCUT2D eigenvalue weighted by Crippen LogP contribution is 2.75. The number of carbonyl (C=O) groups excluding carboxylic acids is 2. The molecule has 2 aromatic rings. The number of hydrogen-bond donors (Lipinski definition) is 7. The molecule has 2 fully saturated rings. The minimum absolute atomic E-state index is 0.163. The van der Waals surface area contributed by atoms with Crippen molar-refractivity contribution in [2.75, 3.05) is 20.7 Å². The molecule has 2 amide bonds. The molecule has 0 spiro atoms. The Morgan fingerprint density at radius 2 is 1.47 bits per heavy atom. The molecular formula is C24H28N2O8. The fraction of sp³-hybridized carbons (Fsp3) is 0.417. The van der Waals surface area contributed by atoms with E-state index in [-0.39, 0.29) is 17.0 Å². The lowest BCUT2D eigenvalue weighted by atomic mass is 9.30. The highest BCUT2D eigenvalue weighted by atomic mass is 16.5. The summed E-state index contributed by atoms with van der Waals surface area (Å²) in [7, 11) is 3.19. The Balaban J connectivity index is 1.76. The van der Waals surface area contributed by atoms with Gasteiger partial charge in [-0.3, -0.25) is 9.59 Å². The molecule has 3 unspecified atom stereocenters. The van der Waals surface area contributed by atoms with Crippen molar-refractivity contribution >= 4 is 11.8 Å². The van der Waals surface area contributed by atoms with Crippen molar-refractivity contribution in [1.29, 1.82) is 0 Å². The quantitative estimate of drug-likeness (QED) is 0.259. The first-order chi connectivity index (χ1) is 15.9. The summed E-state index contributed by atoms with van der Waals surface area (Å²) in [6.45, 7) is -0.927. The van der Waals surface area contributed by atoms with Gasteiger partial charge in [0.2, 0.25) is 5.91 Å². The number of aliphatic hydroxyl groups is 6. The second-order valence-electron chi connectivity index (χ2n) is 9.28. The molecule has 0 aliphatic heterocycles. The molecule has 8 N–H and O–H groups in total. The van der Waals surface area contributed by atoms with Crippen LogP contribution in [-0.2, 0) is 0 Å². The van der Waals surface area contributed by atoms with Crippen LogP contribution < -0.4 is 5.73 Å². The Bertz CT molecular complexity index is 1120. The molecular weight excluding hydrogens is 444 g/mol. The number of nitrogens with two attached hydrogens (primary N) is 1. The maximum atomic E-state index is 12.2. The van der Waals surface area contributed by atoms with Gasteiger partial charge in [-0.25, -0.2) is 0 Å². The molecule has 2 aliphatic carbocycles. The van der Waals surface area contributed by atoms with E-state index in [1.165, 1.54) is 53.4 Å². The monoisotopic (exact) mass is 472 g/mol. The predicted molar refractivity (Wildman–Crippen MR) is 119 cm³/mol. The molecule has 2 aliphatic rings. The van der Waals surface area contributed by atoms with Crippen LogP contribution in [0, 0.1) is 0 Å². The van der Waals surface area contributed by atoms with Gasteiger partial charge in [0.25, 0.3) is 5.91 Å². The minimum Gasteiger partial charge on any atom is -0.394 e. The fourth-order valence-electron chi connectivity index (χ4n) is 5.75. The Kier molecular flexibility index (Phi) is 5.60. The number of rotatable bonds is 6. The predicted octanol–water partition coefficient (Wildman–Crippen LogP) is -1.71. The lowest BCUT2D eigenvalue weighted by Crippen LogP contribution is -2.99. The van der Waals surface area contributed by atoms with Gasteiger partial charge in [0.15, 0.2) is 0 Å². The first kappa shape index (κ1) is 24.3. The van der Waals surface area contributed by atoms with Gasteiger partial charge in [0, 0.05) is 31.1 Å². The zero-order valence-electron chi connectivity index (χ0n) is 18.7. The Morgan fingerprint density at radius 1 is 0.971 bits per heavy atom. The first-order valence-electron chi connectivity index (χ1n) is 10.7. The van der Waals surface area contributed by atoms with Gasteiger partial charge in [-0.1, -0.05) is 24.3 Å². The van der Waals surface area contributed by atoms with Crippen LogP contribution in [0.15, 0.2) is 48.5 Å². The van der Waals surface area contributed by atoms with Crippen molar-refractivity contribution in [1.82, 2.24) is 4.90 Å². The summed E-state index contributed by atoms with van der Waals surface area (Å²) >= 11 is 0. The maximum absolute atomic E-state index is 12.2. The molecule has 0 radical (unpaired) electrons. The smallest absolute Gasteiger partial charge is 0.253 e. The summed E-state index contributed by atoms with van der Waals surface area (Å²) in [6, 6.07) is 11.4. The van der Waals surface area contributed by atoms with Gasteiger partial charge < -0.3 is 41.3 Å². The Hall–Kier alpha value is -2.86. The standard InChI is InChI=1S/C24H28N2O8/c1-26(2)21(31)15-9-3-12(4-10-15)17-19(29)23(33)18(13-5-7-14(8-6-13)20(25)30)22(32,16(28)11-27)24(17,23)34/h3-10,16-19,27-29,32-34H,11H2,1-2H3,(H2,25,30)/t16-,17?,18?,19?,22+,23+,24+/m1/s1. The van der Waals surface area contributed by atoms with Crippen LogP contribution in [0.2, 0.25) is 0 Å². The van der Waals surface area contributed by atoms with Crippen molar-refractivity contribution < 1.29 is 40.2 Å². The zero-order valence-corrected chi connectivity index (χ0v) is 18.7. The molecule has 0 heterocycles. The van der Waals surface area contributed by atoms with Crippen molar-refractivity contribution in [3.63, 3.8) is 0 Å². The lowest BCUT2D eigenvalue weighted by Gasteiger charge is -2.80. The first-order valence-corrected chi connectivity index (χ1v) is 10.7. The third-order valence-corrected chi connectivity index (χ3v) is 7.45. The average molecular weight is 472 g/mol. The minimum atomic E-state index is -2.45. The number of benzene rings is 2. The number of hydrogen-bond acceptors (Lipinski definition) is 8. The van der Waals surface area contributed by atoms with E-state index in [0.29, 0.717) is 11.1 Å². The summed E-state index contributed by atoms with van der Waals surface area (Å²) in [5.74, 6) is -3.57. The third-order valence-electron chi connectivity index (χ3n) is 7.45. The molecule has 2 aromatic carbocycles. The number of primary amides is 1. The number of carbonyl (C=O) groups is 2. The number of amides is 2. The third kappa shape index (κ3) is 2.78. The van der Waals surface area contributed by atoms with Crippen LogP contribution in [0.4, 0.5) is 0 Å². The van der Waals surface area contributed by atoms with Gasteiger partial charge in [-0.2, -0.15) is 0 Å². The van der Waals surface area contributed by atoms with Crippen LogP contribution in [-0.4, -0.2) is 97.1 Å². The summed E-state index contributed by atoms with van der Waals surface area (Å²) in [5.41, 5.74) is -0.836.